The van der Waals surface area contributed by atoms with E-state index in [1.165, 1.54) is 0 Å². The van der Waals surface area contributed by atoms with Crippen LogP contribution in [-0.4, -0.2) is 16.7 Å². The van der Waals surface area contributed by atoms with Crippen molar-refractivity contribution in [2.45, 2.75) is 65.5 Å². The Balaban J connectivity index is 4.02. The molecular weight excluding hydrogens is 174 g/mol. The van der Waals surface area contributed by atoms with Gasteiger partial charge in [-0.25, -0.2) is 0 Å². The van der Waals surface area contributed by atoms with Gasteiger partial charge in [0.25, 0.3) is 0 Å². The molecule has 0 heterocycles. The van der Waals surface area contributed by atoms with Crippen LogP contribution < -0.4 is 5.73 Å². The first-order valence-electron chi connectivity index (χ1n) is 5.73. The van der Waals surface area contributed by atoms with E-state index in [2.05, 4.69) is 27.7 Å². The Morgan fingerprint density at radius 2 is 1.64 bits per heavy atom. The predicted octanol–water partition coefficient (Wildman–Crippen LogP) is 2.55. The highest BCUT2D eigenvalue weighted by atomic mass is 16.3. The molecule has 0 aliphatic carbocycles. The zero-order valence-electron chi connectivity index (χ0n) is 10.4. The minimum atomic E-state index is -0.700. The van der Waals surface area contributed by atoms with E-state index in [9.17, 15) is 5.11 Å². The molecule has 0 aromatic heterocycles. The van der Waals surface area contributed by atoms with Crippen molar-refractivity contribution in [2.24, 2.45) is 17.6 Å². The Morgan fingerprint density at radius 1 is 1.14 bits per heavy atom. The smallest absolute Gasteiger partial charge is 0.0770 e. The first-order chi connectivity index (χ1) is 6.25. The van der Waals surface area contributed by atoms with Crippen LogP contribution in [0.2, 0.25) is 0 Å². The van der Waals surface area contributed by atoms with Crippen LogP contribution >= 0.6 is 0 Å². The number of hydrogen-bond acceptors (Lipinski definition) is 2. The molecule has 2 unspecified atom stereocenters. The van der Waals surface area contributed by atoms with E-state index >= 15 is 0 Å². The summed E-state index contributed by atoms with van der Waals surface area (Å²) in [5.74, 6) is 1.18. The summed E-state index contributed by atoms with van der Waals surface area (Å²) < 4.78 is 0. The Kier molecular flexibility index (Phi) is 5.68. The van der Waals surface area contributed by atoms with Gasteiger partial charge in [-0.1, -0.05) is 27.7 Å². The lowest BCUT2D eigenvalue weighted by Crippen LogP contribution is -2.46. The second-order valence-electron chi connectivity index (χ2n) is 5.53. The third kappa shape index (κ3) is 5.61. The molecule has 14 heavy (non-hydrogen) atoms. The molecule has 0 radical (unpaired) electrons. The average molecular weight is 201 g/mol. The molecule has 3 N–H and O–H groups in total. The Bertz CT molecular complexity index is 152. The summed E-state index contributed by atoms with van der Waals surface area (Å²) in [5, 5.41) is 10.2. The SMILES string of the molecule is CC(C)CCC(C)(O)C(N)CC(C)C. The molecule has 0 spiro atoms. The maximum absolute atomic E-state index is 10.2. The normalized spacial score (nSPS) is 18.6. The average Bonchev–Trinajstić information content (AvgIpc) is 1.99. The molecule has 2 atom stereocenters. The maximum atomic E-state index is 10.2. The van der Waals surface area contributed by atoms with Crippen LogP contribution in [0.5, 0.6) is 0 Å². The van der Waals surface area contributed by atoms with Crippen LogP contribution in [0.3, 0.4) is 0 Å². The van der Waals surface area contributed by atoms with E-state index in [0.717, 1.165) is 19.3 Å². The van der Waals surface area contributed by atoms with Crippen LogP contribution in [0.15, 0.2) is 0 Å². The van der Waals surface area contributed by atoms with E-state index in [4.69, 9.17) is 5.73 Å². The van der Waals surface area contributed by atoms with Crippen LogP contribution in [0, 0.1) is 11.8 Å². The molecule has 0 amide bonds. The molecule has 0 aromatic carbocycles. The van der Waals surface area contributed by atoms with Gasteiger partial charge in [-0.2, -0.15) is 0 Å². The molecular formula is C12H27NO. The fourth-order valence-corrected chi connectivity index (χ4v) is 1.53. The van der Waals surface area contributed by atoms with E-state index in [-0.39, 0.29) is 6.04 Å². The molecule has 0 aliphatic heterocycles. The fraction of sp³-hybridized carbons (Fsp3) is 1.00. The molecule has 0 saturated heterocycles. The third-order valence-corrected chi connectivity index (χ3v) is 2.75. The van der Waals surface area contributed by atoms with Crippen molar-refractivity contribution < 1.29 is 5.11 Å². The van der Waals surface area contributed by atoms with Gasteiger partial charge in [0, 0.05) is 6.04 Å². The van der Waals surface area contributed by atoms with E-state index in [1.54, 1.807) is 0 Å². The maximum Gasteiger partial charge on any atom is 0.0770 e. The summed E-state index contributed by atoms with van der Waals surface area (Å²) in [7, 11) is 0. The number of rotatable bonds is 6. The zero-order chi connectivity index (χ0) is 11.4. The quantitative estimate of drug-likeness (QED) is 0.693. The summed E-state index contributed by atoms with van der Waals surface area (Å²) in [6.07, 6.45) is 2.74. The Hall–Kier alpha value is -0.0800. The second-order valence-corrected chi connectivity index (χ2v) is 5.53. The van der Waals surface area contributed by atoms with Crippen molar-refractivity contribution in [3.63, 3.8) is 0 Å². The van der Waals surface area contributed by atoms with Gasteiger partial charge in [-0.05, 0) is 38.0 Å². The third-order valence-electron chi connectivity index (χ3n) is 2.75. The largest absolute Gasteiger partial charge is 0.389 e. The van der Waals surface area contributed by atoms with Gasteiger partial charge >= 0.3 is 0 Å². The van der Waals surface area contributed by atoms with Crippen molar-refractivity contribution in [3.8, 4) is 0 Å². The van der Waals surface area contributed by atoms with Crippen molar-refractivity contribution in [1.29, 1.82) is 0 Å². The van der Waals surface area contributed by atoms with Gasteiger partial charge in [0.05, 0.1) is 5.60 Å². The second kappa shape index (κ2) is 5.72. The summed E-state index contributed by atoms with van der Waals surface area (Å²) in [6.45, 7) is 10.5. The Labute approximate surface area is 88.9 Å². The van der Waals surface area contributed by atoms with E-state index in [0.29, 0.717) is 11.8 Å². The number of aliphatic hydroxyl groups is 1. The van der Waals surface area contributed by atoms with E-state index < -0.39 is 5.60 Å². The van der Waals surface area contributed by atoms with Crippen LogP contribution in [0.4, 0.5) is 0 Å². The standard InChI is InChI=1S/C12H27NO/c1-9(2)6-7-12(5,14)11(13)8-10(3)4/h9-11,14H,6-8,13H2,1-5H3. The molecule has 0 saturated carbocycles. The monoisotopic (exact) mass is 201 g/mol. The summed E-state index contributed by atoms with van der Waals surface area (Å²) >= 11 is 0. The van der Waals surface area contributed by atoms with Gasteiger partial charge in [0.15, 0.2) is 0 Å². The van der Waals surface area contributed by atoms with Crippen LogP contribution in [0.1, 0.15) is 53.9 Å². The number of nitrogens with two attached hydrogens (primary N) is 1. The van der Waals surface area contributed by atoms with Gasteiger partial charge in [-0.15, -0.1) is 0 Å². The highest BCUT2D eigenvalue weighted by molar-refractivity contribution is 4.85. The van der Waals surface area contributed by atoms with Gasteiger partial charge in [0.1, 0.15) is 0 Å². The molecule has 2 nitrogen and oxygen atoms in total. The molecule has 2 heteroatoms. The van der Waals surface area contributed by atoms with Crippen molar-refractivity contribution >= 4 is 0 Å². The van der Waals surface area contributed by atoms with Crippen LogP contribution in [0.25, 0.3) is 0 Å². The summed E-state index contributed by atoms with van der Waals surface area (Å²) in [4.78, 5) is 0. The minimum Gasteiger partial charge on any atom is -0.389 e. The first-order valence-corrected chi connectivity index (χ1v) is 5.73. The zero-order valence-corrected chi connectivity index (χ0v) is 10.4. The van der Waals surface area contributed by atoms with E-state index in [1.807, 2.05) is 6.92 Å². The van der Waals surface area contributed by atoms with Crippen molar-refractivity contribution in [1.82, 2.24) is 0 Å². The summed E-state index contributed by atoms with van der Waals surface area (Å²) in [6, 6.07) is -0.0961. The lowest BCUT2D eigenvalue weighted by Gasteiger charge is -2.32. The number of hydrogen-bond donors (Lipinski definition) is 2. The lowest BCUT2D eigenvalue weighted by atomic mass is 9.85. The van der Waals surface area contributed by atoms with Crippen molar-refractivity contribution in [3.05, 3.63) is 0 Å². The molecule has 0 rings (SSSR count). The summed E-state index contributed by atoms with van der Waals surface area (Å²) in [5.41, 5.74) is 5.29. The predicted molar refractivity (Wildman–Crippen MR) is 62.1 cm³/mol. The highest BCUT2D eigenvalue weighted by Crippen LogP contribution is 2.22. The van der Waals surface area contributed by atoms with Gasteiger partial charge < -0.3 is 10.8 Å². The molecule has 0 fully saturated rings. The first kappa shape index (κ1) is 13.9. The van der Waals surface area contributed by atoms with Crippen molar-refractivity contribution in [2.75, 3.05) is 0 Å². The van der Waals surface area contributed by atoms with Gasteiger partial charge in [0.2, 0.25) is 0 Å². The fourth-order valence-electron chi connectivity index (χ4n) is 1.53. The Morgan fingerprint density at radius 3 is 2.00 bits per heavy atom. The molecule has 0 bridgehead atoms. The highest BCUT2D eigenvalue weighted by Gasteiger charge is 2.28. The minimum absolute atomic E-state index is 0.0961. The van der Waals surface area contributed by atoms with Crippen LogP contribution in [-0.2, 0) is 0 Å². The molecule has 0 aliphatic rings. The van der Waals surface area contributed by atoms with Gasteiger partial charge in [-0.3, -0.25) is 0 Å². The molecule has 0 aromatic rings. The lowest BCUT2D eigenvalue weighted by molar-refractivity contribution is 0.0132. The molecule has 86 valence electrons. The topological polar surface area (TPSA) is 46.2 Å².